The first-order valence-corrected chi connectivity index (χ1v) is 5.34. The van der Waals surface area contributed by atoms with Crippen LogP contribution < -0.4 is 5.32 Å². The van der Waals surface area contributed by atoms with Crippen LogP contribution in [0.1, 0.15) is 19.3 Å². The quantitative estimate of drug-likeness (QED) is 0.618. The van der Waals surface area contributed by atoms with Gasteiger partial charge in [0.1, 0.15) is 11.5 Å². The first kappa shape index (κ1) is 10.9. The zero-order valence-corrected chi connectivity index (χ0v) is 8.78. The minimum Gasteiger partial charge on any atom is -0.379 e. The topological polar surface area (TPSA) is 55.2 Å². The highest BCUT2D eigenvalue weighted by Gasteiger charge is 2.21. The van der Waals surface area contributed by atoms with Gasteiger partial charge in [-0.25, -0.2) is 4.39 Å². The highest BCUT2D eigenvalue weighted by atomic mass is 19.1. The zero-order valence-electron chi connectivity index (χ0n) is 8.78. The van der Waals surface area contributed by atoms with Crippen molar-refractivity contribution in [2.45, 2.75) is 19.3 Å². The highest BCUT2D eigenvalue weighted by molar-refractivity contribution is 5.61. The molecule has 0 aliphatic heterocycles. The van der Waals surface area contributed by atoms with E-state index in [-0.39, 0.29) is 5.69 Å². The van der Waals surface area contributed by atoms with Crippen LogP contribution in [-0.2, 0) is 0 Å². The molecule has 1 aliphatic rings. The van der Waals surface area contributed by atoms with Crippen LogP contribution in [0.2, 0.25) is 0 Å². The minimum absolute atomic E-state index is 0.198. The summed E-state index contributed by atoms with van der Waals surface area (Å²) in [6.45, 7) is 0.705. The molecule has 0 atom stereocenters. The van der Waals surface area contributed by atoms with Gasteiger partial charge < -0.3 is 5.32 Å². The standard InChI is InChI=1S/C11H13FN2O2/c12-9-3-4-10(11(7-9)14(15)16)13-6-5-8-1-2-8/h3-4,7-8,13H,1-2,5-6H2. The molecule has 1 aromatic carbocycles. The lowest BCUT2D eigenvalue weighted by Crippen LogP contribution is -2.05. The van der Waals surface area contributed by atoms with E-state index in [2.05, 4.69) is 5.32 Å². The van der Waals surface area contributed by atoms with Crippen LogP contribution in [0.15, 0.2) is 18.2 Å². The van der Waals surface area contributed by atoms with Crippen LogP contribution in [0.4, 0.5) is 15.8 Å². The van der Waals surface area contributed by atoms with Crippen molar-refractivity contribution in [2.75, 3.05) is 11.9 Å². The Morgan fingerprint density at radius 2 is 2.25 bits per heavy atom. The summed E-state index contributed by atoms with van der Waals surface area (Å²) in [5, 5.41) is 13.7. The number of halogens is 1. The average Bonchev–Trinajstić information content (AvgIpc) is 3.04. The molecule has 5 heteroatoms. The molecular weight excluding hydrogens is 211 g/mol. The van der Waals surface area contributed by atoms with Crippen LogP contribution in [0.3, 0.4) is 0 Å². The number of nitrogens with one attached hydrogen (secondary N) is 1. The van der Waals surface area contributed by atoms with Crippen LogP contribution in [-0.4, -0.2) is 11.5 Å². The summed E-state index contributed by atoms with van der Waals surface area (Å²) in [6, 6.07) is 3.59. The molecule has 0 amide bonds. The molecule has 0 spiro atoms. The molecule has 0 saturated heterocycles. The Hall–Kier alpha value is -1.65. The smallest absolute Gasteiger partial charge is 0.295 e. The molecule has 2 rings (SSSR count). The third kappa shape index (κ3) is 2.68. The first-order chi connectivity index (χ1) is 7.66. The molecule has 0 aromatic heterocycles. The lowest BCUT2D eigenvalue weighted by molar-refractivity contribution is -0.384. The Bertz CT molecular complexity index is 405. The maximum atomic E-state index is 12.8. The van der Waals surface area contributed by atoms with E-state index in [1.54, 1.807) is 0 Å². The number of nitro benzene ring substituents is 1. The number of nitro groups is 1. The number of hydrogen-bond donors (Lipinski definition) is 1. The Balaban J connectivity index is 2.02. The van der Waals surface area contributed by atoms with E-state index in [9.17, 15) is 14.5 Å². The minimum atomic E-state index is -0.584. The monoisotopic (exact) mass is 224 g/mol. The molecular formula is C11H13FN2O2. The third-order valence-electron chi connectivity index (χ3n) is 2.72. The number of nitrogens with zero attached hydrogens (tertiary/aromatic N) is 1. The molecule has 0 heterocycles. The summed E-state index contributed by atoms with van der Waals surface area (Å²) in [5.74, 6) is 0.187. The number of rotatable bonds is 5. The lowest BCUT2D eigenvalue weighted by atomic mass is 10.2. The fourth-order valence-electron chi connectivity index (χ4n) is 1.62. The van der Waals surface area contributed by atoms with Gasteiger partial charge >= 0.3 is 0 Å². The van der Waals surface area contributed by atoms with Gasteiger partial charge in [-0.15, -0.1) is 0 Å². The molecule has 1 N–H and O–H groups in total. The van der Waals surface area contributed by atoms with Crippen LogP contribution in [0.25, 0.3) is 0 Å². The fourth-order valence-corrected chi connectivity index (χ4v) is 1.62. The van der Waals surface area contributed by atoms with Gasteiger partial charge in [-0.2, -0.15) is 0 Å². The second-order valence-electron chi connectivity index (χ2n) is 4.08. The summed E-state index contributed by atoms with van der Waals surface area (Å²) in [5.41, 5.74) is 0.197. The molecule has 0 bridgehead atoms. The maximum Gasteiger partial charge on any atom is 0.295 e. The third-order valence-corrected chi connectivity index (χ3v) is 2.72. The van der Waals surface area contributed by atoms with Crippen molar-refractivity contribution in [3.05, 3.63) is 34.1 Å². The number of hydrogen-bond acceptors (Lipinski definition) is 3. The number of benzene rings is 1. The van der Waals surface area contributed by atoms with Crippen molar-refractivity contribution < 1.29 is 9.31 Å². The van der Waals surface area contributed by atoms with Crippen molar-refractivity contribution in [1.82, 2.24) is 0 Å². The summed E-state index contributed by atoms with van der Waals surface area (Å²) in [7, 11) is 0. The Labute approximate surface area is 92.6 Å². The second-order valence-corrected chi connectivity index (χ2v) is 4.08. The van der Waals surface area contributed by atoms with Gasteiger partial charge in [-0.1, -0.05) is 12.8 Å². The predicted molar refractivity (Wildman–Crippen MR) is 58.9 cm³/mol. The van der Waals surface area contributed by atoms with E-state index < -0.39 is 10.7 Å². The van der Waals surface area contributed by atoms with E-state index in [0.29, 0.717) is 12.2 Å². The Morgan fingerprint density at radius 3 is 2.88 bits per heavy atom. The van der Waals surface area contributed by atoms with E-state index in [4.69, 9.17) is 0 Å². The molecule has 1 fully saturated rings. The van der Waals surface area contributed by atoms with Gasteiger partial charge in [0.2, 0.25) is 0 Å². The van der Waals surface area contributed by atoms with Gasteiger partial charge in [-0.05, 0) is 24.5 Å². The SMILES string of the molecule is O=[N+]([O-])c1cc(F)ccc1NCCC1CC1. The maximum absolute atomic E-state index is 12.8. The van der Waals surface area contributed by atoms with Crippen LogP contribution in [0, 0.1) is 21.8 Å². The van der Waals surface area contributed by atoms with Gasteiger partial charge in [-0.3, -0.25) is 10.1 Å². The molecule has 4 nitrogen and oxygen atoms in total. The van der Waals surface area contributed by atoms with E-state index in [0.717, 1.165) is 18.4 Å². The largest absolute Gasteiger partial charge is 0.379 e. The fraction of sp³-hybridized carbons (Fsp3) is 0.455. The lowest BCUT2D eigenvalue weighted by Gasteiger charge is -2.06. The average molecular weight is 224 g/mol. The molecule has 0 unspecified atom stereocenters. The second kappa shape index (κ2) is 4.47. The van der Waals surface area contributed by atoms with Crippen molar-refractivity contribution in [3.63, 3.8) is 0 Å². The summed E-state index contributed by atoms with van der Waals surface area (Å²) in [4.78, 5) is 10.1. The summed E-state index contributed by atoms with van der Waals surface area (Å²) >= 11 is 0. The van der Waals surface area contributed by atoms with E-state index >= 15 is 0 Å². The summed E-state index contributed by atoms with van der Waals surface area (Å²) < 4.78 is 12.8. The Morgan fingerprint density at radius 1 is 1.50 bits per heavy atom. The van der Waals surface area contributed by atoms with Gasteiger partial charge in [0.05, 0.1) is 11.0 Å². The Kier molecular flexibility index (Phi) is 3.03. The van der Waals surface area contributed by atoms with Crippen molar-refractivity contribution in [3.8, 4) is 0 Å². The molecule has 0 radical (unpaired) electrons. The normalized spacial score (nSPS) is 14.8. The number of anilines is 1. The van der Waals surface area contributed by atoms with E-state index in [1.807, 2.05) is 0 Å². The van der Waals surface area contributed by atoms with E-state index in [1.165, 1.54) is 25.0 Å². The van der Waals surface area contributed by atoms with Gasteiger partial charge in [0, 0.05) is 6.54 Å². The molecule has 86 valence electrons. The molecule has 1 aromatic rings. The molecule has 1 saturated carbocycles. The van der Waals surface area contributed by atoms with Gasteiger partial charge in [0.25, 0.3) is 5.69 Å². The van der Waals surface area contributed by atoms with Gasteiger partial charge in [0.15, 0.2) is 0 Å². The van der Waals surface area contributed by atoms with Crippen LogP contribution >= 0.6 is 0 Å². The summed E-state index contributed by atoms with van der Waals surface area (Å²) in [6.07, 6.45) is 3.54. The zero-order chi connectivity index (χ0) is 11.5. The predicted octanol–water partition coefficient (Wildman–Crippen LogP) is 2.95. The van der Waals surface area contributed by atoms with Crippen molar-refractivity contribution in [2.24, 2.45) is 5.92 Å². The van der Waals surface area contributed by atoms with Crippen molar-refractivity contribution in [1.29, 1.82) is 0 Å². The molecule has 16 heavy (non-hydrogen) atoms. The van der Waals surface area contributed by atoms with Crippen molar-refractivity contribution >= 4 is 11.4 Å². The molecule has 1 aliphatic carbocycles. The van der Waals surface area contributed by atoms with Crippen LogP contribution in [0.5, 0.6) is 0 Å². The first-order valence-electron chi connectivity index (χ1n) is 5.34. The highest BCUT2D eigenvalue weighted by Crippen LogP contribution is 2.32.